The van der Waals surface area contributed by atoms with Crippen LogP contribution in [0.3, 0.4) is 0 Å². The number of rotatable bonds is 3. The fourth-order valence-electron chi connectivity index (χ4n) is 2.73. The summed E-state index contributed by atoms with van der Waals surface area (Å²) in [4.78, 5) is 13.3. The van der Waals surface area contributed by atoms with Crippen LogP contribution in [0.2, 0.25) is 0 Å². The summed E-state index contributed by atoms with van der Waals surface area (Å²) < 4.78 is 7.45. The number of imidazole rings is 1. The van der Waals surface area contributed by atoms with Crippen molar-refractivity contribution in [2.45, 2.75) is 18.9 Å². The molecule has 0 amide bonds. The Morgan fingerprint density at radius 3 is 3.05 bits per heavy atom. The van der Waals surface area contributed by atoms with Crippen molar-refractivity contribution < 1.29 is 4.74 Å². The molecule has 112 valence electrons. The van der Waals surface area contributed by atoms with Crippen LogP contribution in [0.4, 0.5) is 5.95 Å². The highest BCUT2D eigenvalue weighted by Crippen LogP contribution is 2.17. The van der Waals surface area contributed by atoms with E-state index >= 15 is 0 Å². The molecule has 1 atom stereocenters. The molecule has 2 aromatic heterocycles. The second-order valence-corrected chi connectivity index (χ2v) is 5.40. The van der Waals surface area contributed by atoms with Crippen LogP contribution in [0.1, 0.15) is 12.8 Å². The number of nitrogens with one attached hydrogen (secondary N) is 1. The van der Waals surface area contributed by atoms with E-state index < -0.39 is 0 Å². The minimum atomic E-state index is 0.281. The molecule has 22 heavy (non-hydrogen) atoms. The molecule has 0 radical (unpaired) electrons. The fourth-order valence-corrected chi connectivity index (χ4v) is 2.73. The lowest BCUT2D eigenvalue weighted by Gasteiger charge is -2.23. The number of benzene rings is 1. The standard InChI is InChI=1S/C16H17N5O/c1-2-6-14-13(5-1)18-11-21(14)15-7-8-17-16(20-15)19-12-4-3-9-22-10-12/h1-2,5-8,11-12H,3-4,9-10H2,(H,17,19,20). The van der Waals surface area contributed by atoms with Gasteiger partial charge in [0, 0.05) is 12.8 Å². The molecule has 6 nitrogen and oxygen atoms in total. The van der Waals surface area contributed by atoms with Gasteiger partial charge in [0.15, 0.2) is 0 Å². The Bertz CT molecular complexity index is 779. The number of hydrogen-bond donors (Lipinski definition) is 1. The molecule has 1 fully saturated rings. The molecule has 3 aromatic rings. The van der Waals surface area contributed by atoms with Gasteiger partial charge in [0.25, 0.3) is 0 Å². The van der Waals surface area contributed by atoms with Crippen LogP contribution in [-0.2, 0) is 4.74 Å². The number of fused-ring (bicyclic) bond motifs is 1. The summed E-state index contributed by atoms with van der Waals surface area (Å²) in [6, 6.07) is 10.2. The Labute approximate surface area is 128 Å². The van der Waals surface area contributed by atoms with E-state index in [1.54, 1.807) is 12.5 Å². The second kappa shape index (κ2) is 5.73. The molecule has 1 aliphatic heterocycles. The topological polar surface area (TPSA) is 64.9 Å². The molecule has 1 N–H and O–H groups in total. The predicted octanol–water partition coefficient (Wildman–Crippen LogP) is 2.41. The van der Waals surface area contributed by atoms with E-state index in [0.29, 0.717) is 12.6 Å². The minimum Gasteiger partial charge on any atom is -0.379 e. The summed E-state index contributed by atoms with van der Waals surface area (Å²) in [7, 11) is 0. The van der Waals surface area contributed by atoms with Crippen molar-refractivity contribution in [1.82, 2.24) is 19.5 Å². The maximum absolute atomic E-state index is 5.48. The number of nitrogens with zero attached hydrogens (tertiary/aromatic N) is 4. The van der Waals surface area contributed by atoms with Crippen LogP contribution in [0.25, 0.3) is 16.9 Å². The molecule has 1 saturated heterocycles. The summed E-state index contributed by atoms with van der Waals surface area (Å²) in [5, 5.41) is 3.35. The molecule has 0 bridgehead atoms. The van der Waals surface area contributed by atoms with Gasteiger partial charge in [-0.15, -0.1) is 0 Å². The van der Waals surface area contributed by atoms with Crippen LogP contribution >= 0.6 is 0 Å². The van der Waals surface area contributed by atoms with Crippen LogP contribution in [0, 0.1) is 0 Å². The van der Waals surface area contributed by atoms with Gasteiger partial charge in [0.2, 0.25) is 5.95 Å². The van der Waals surface area contributed by atoms with Gasteiger partial charge in [-0.05, 0) is 31.0 Å². The largest absolute Gasteiger partial charge is 0.379 e. The van der Waals surface area contributed by atoms with Gasteiger partial charge in [-0.1, -0.05) is 12.1 Å². The summed E-state index contributed by atoms with van der Waals surface area (Å²) in [6.45, 7) is 1.56. The van der Waals surface area contributed by atoms with Crippen molar-refractivity contribution in [3.63, 3.8) is 0 Å². The highest BCUT2D eigenvalue weighted by Gasteiger charge is 2.15. The number of aromatic nitrogens is 4. The minimum absolute atomic E-state index is 0.281. The Morgan fingerprint density at radius 1 is 1.18 bits per heavy atom. The van der Waals surface area contributed by atoms with Crippen molar-refractivity contribution >= 4 is 17.0 Å². The summed E-state index contributed by atoms with van der Waals surface area (Å²) >= 11 is 0. The smallest absolute Gasteiger partial charge is 0.224 e. The summed E-state index contributed by atoms with van der Waals surface area (Å²) in [6.07, 6.45) is 5.72. The Hall–Kier alpha value is -2.47. The number of para-hydroxylation sites is 2. The number of ether oxygens (including phenoxy) is 1. The van der Waals surface area contributed by atoms with Gasteiger partial charge in [-0.2, -0.15) is 4.98 Å². The quantitative estimate of drug-likeness (QED) is 0.804. The van der Waals surface area contributed by atoms with Crippen LogP contribution in [0.5, 0.6) is 0 Å². The van der Waals surface area contributed by atoms with E-state index in [1.165, 1.54) is 0 Å². The lowest BCUT2D eigenvalue weighted by atomic mass is 10.1. The molecular weight excluding hydrogens is 278 g/mol. The predicted molar refractivity (Wildman–Crippen MR) is 84.1 cm³/mol. The SMILES string of the molecule is c1ccc2c(c1)ncn2-c1ccnc(NC2CCCOC2)n1. The van der Waals surface area contributed by atoms with Gasteiger partial charge in [0.05, 0.1) is 23.7 Å². The van der Waals surface area contributed by atoms with E-state index in [0.717, 1.165) is 36.3 Å². The van der Waals surface area contributed by atoms with Gasteiger partial charge >= 0.3 is 0 Å². The lowest BCUT2D eigenvalue weighted by molar-refractivity contribution is 0.0874. The molecule has 6 heteroatoms. The van der Waals surface area contributed by atoms with E-state index in [2.05, 4.69) is 20.3 Å². The first kappa shape index (κ1) is 13.2. The van der Waals surface area contributed by atoms with Crippen molar-refractivity contribution in [2.24, 2.45) is 0 Å². The molecule has 1 aromatic carbocycles. The van der Waals surface area contributed by atoms with Crippen LogP contribution in [-0.4, -0.2) is 38.8 Å². The zero-order valence-electron chi connectivity index (χ0n) is 12.1. The maximum Gasteiger partial charge on any atom is 0.224 e. The van der Waals surface area contributed by atoms with Crippen molar-refractivity contribution in [2.75, 3.05) is 18.5 Å². The molecule has 1 unspecified atom stereocenters. The normalized spacial score (nSPS) is 18.5. The highest BCUT2D eigenvalue weighted by molar-refractivity contribution is 5.76. The van der Waals surface area contributed by atoms with Gasteiger partial charge < -0.3 is 10.1 Å². The van der Waals surface area contributed by atoms with Gasteiger partial charge in [-0.25, -0.2) is 9.97 Å². The highest BCUT2D eigenvalue weighted by atomic mass is 16.5. The zero-order valence-corrected chi connectivity index (χ0v) is 12.1. The zero-order chi connectivity index (χ0) is 14.8. The first-order valence-corrected chi connectivity index (χ1v) is 7.50. The lowest BCUT2D eigenvalue weighted by Crippen LogP contribution is -2.30. The number of hydrogen-bond acceptors (Lipinski definition) is 5. The van der Waals surface area contributed by atoms with E-state index in [4.69, 9.17) is 4.74 Å². The third-order valence-corrected chi connectivity index (χ3v) is 3.83. The average molecular weight is 295 g/mol. The molecule has 1 aliphatic rings. The Morgan fingerprint density at radius 2 is 2.14 bits per heavy atom. The van der Waals surface area contributed by atoms with Crippen LogP contribution in [0.15, 0.2) is 42.9 Å². The molecule has 0 saturated carbocycles. The maximum atomic E-state index is 5.48. The van der Waals surface area contributed by atoms with Crippen molar-refractivity contribution in [3.05, 3.63) is 42.9 Å². The molecule has 4 rings (SSSR count). The first-order valence-electron chi connectivity index (χ1n) is 7.50. The van der Waals surface area contributed by atoms with E-state index in [1.807, 2.05) is 34.9 Å². The molecule has 0 aliphatic carbocycles. The number of anilines is 1. The van der Waals surface area contributed by atoms with Gasteiger partial charge in [-0.3, -0.25) is 4.57 Å². The average Bonchev–Trinajstić information content (AvgIpc) is 3.00. The Kier molecular flexibility index (Phi) is 3.44. The van der Waals surface area contributed by atoms with Gasteiger partial charge in [0.1, 0.15) is 12.1 Å². The van der Waals surface area contributed by atoms with Crippen molar-refractivity contribution in [1.29, 1.82) is 0 Å². The third-order valence-electron chi connectivity index (χ3n) is 3.83. The van der Waals surface area contributed by atoms with E-state index in [-0.39, 0.29) is 6.04 Å². The van der Waals surface area contributed by atoms with Crippen LogP contribution < -0.4 is 5.32 Å². The first-order chi connectivity index (χ1) is 10.9. The molecule has 0 spiro atoms. The van der Waals surface area contributed by atoms with Crippen molar-refractivity contribution in [3.8, 4) is 5.82 Å². The molecular formula is C16H17N5O. The Balaban J connectivity index is 1.63. The second-order valence-electron chi connectivity index (χ2n) is 5.40. The molecule has 3 heterocycles. The fraction of sp³-hybridized carbons (Fsp3) is 0.312. The summed E-state index contributed by atoms with van der Waals surface area (Å²) in [5.74, 6) is 1.44. The van der Waals surface area contributed by atoms with E-state index in [9.17, 15) is 0 Å². The monoisotopic (exact) mass is 295 g/mol. The summed E-state index contributed by atoms with van der Waals surface area (Å²) in [5.41, 5.74) is 1.99. The third kappa shape index (κ3) is 2.53.